The number of nitrogens with one attached hydrogen (secondary N) is 3. The molecular weight excluding hydrogens is 528 g/mol. The van der Waals surface area contributed by atoms with Crippen molar-refractivity contribution in [1.82, 2.24) is 10.3 Å². The van der Waals surface area contributed by atoms with Crippen molar-refractivity contribution in [2.24, 2.45) is 5.92 Å². The number of amides is 2. The Bertz CT molecular complexity index is 1390. The molecule has 38 heavy (non-hydrogen) atoms. The number of aromatic nitrogens is 1. The number of pyridine rings is 1. The maximum absolute atomic E-state index is 12.8. The van der Waals surface area contributed by atoms with Crippen LogP contribution in [0, 0.1) is 5.92 Å². The zero-order valence-corrected chi connectivity index (χ0v) is 23.4. The fourth-order valence-electron chi connectivity index (χ4n) is 3.38. The molecule has 0 saturated carbocycles. The molecular formula is C27H31ClN4O5S. The van der Waals surface area contributed by atoms with E-state index in [1.807, 2.05) is 20.8 Å². The average molecular weight is 559 g/mol. The first kappa shape index (κ1) is 28.9. The lowest BCUT2D eigenvalue weighted by Gasteiger charge is -2.25. The molecule has 0 unspecified atom stereocenters. The van der Waals surface area contributed by atoms with Gasteiger partial charge in [-0.3, -0.25) is 9.52 Å². The summed E-state index contributed by atoms with van der Waals surface area (Å²) >= 11 is 6.16. The highest BCUT2D eigenvalue weighted by atomic mass is 35.5. The van der Waals surface area contributed by atoms with Gasteiger partial charge in [-0.05, 0) is 62.6 Å². The summed E-state index contributed by atoms with van der Waals surface area (Å²) in [6.45, 7) is 9.02. The number of rotatable bonds is 8. The highest BCUT2D eigenvalue weighted by Gasteiger charge is 2.28. The number of alkyl carbamates (subject to hydrolysis) is 1. The number of halogens is 1. The lowest BCUT2D eigenvalue weighted by Crippen LogP contribution is -2.45. The molecule has 0 aliphatic carbocycles. The van der Waals surface area contributed by atoms with Crippen molar-refractivity contribution >= 4 is 45.0 Å². The van der Waals surface area contributed by atoms with Crippen LogP contribution in [0.2, 0.25) is 5.15 Å². The van der Waals surface area contributed by atoms with Gasteiger partial charge >= 0.3 is 6.09 Å². The highest BCUT2D eigenvalue weighted by molar-refractivity contribution is 7.92. The number of benzene rings is 2. The monoisotopic (exact) mass is 558 g/mol. The van der Waals surface area contributed by atoms with E-state index in [-0.39, 0.29) is 21.7 Å². The molecule has 0 spiro atoms. The Morgan fingerprint density at radius 2 is 1.61 bits per heavy atom. The maximum atomic E-state index is 12.8. The van der Waals surface area contributed by atoms with E-state index in [1.54, 1.807) is 62.4 Å². The molecule has 2 amide bonds. The topological polar surface area (TPSA) is 126 Å². The molecule has 9 nitrogen and oxygen atoms in total. The second-order valence-corrected chi connectivity index (χ2v) is 12.0. The van der Waals surface area contributed by atoms with Crippen LogP contribution in [-0.4, -0.2) is 37.0 Å². The van der Waals surface area contributed by atoms with Crippen LogP contribution in [0.15, 0.2) is 71.8 Å². The summed E-state index contributed by atoms with van der Waals surface area (Å²) in [5.74, 6) is -0.708. The zero-order valence-electron chi connectivity index (χ0n) is 21.8. The molecule has 1 atom stereocenters. The number of carbonyl (C=O) groups excluding carboxylic acids is 2. The Balaban J connectivity index is 1.73. The van der Waals surface area contributed by atoms with E-state index in [0.717, 1.165) is 0 Å². The molecule has 3 rings (SSSR count). The fourth-order valence-corrected chi connectivity index (χ4v) is 4.67. The van der Waals surface area contributed by atoms with Crippen LogP contribution in [-0.2, 0) is 19.6 Å². The number of ether oxygens (including phenoxy) is 1. The number of carbonyl (C=O) groups is 2. The zero-order chi connectivity index (χ0) is 28.1. The van der Waals surface area contributed by atoms with E-state index in [2.05, 4.69) is 20.3 Å². The molecule has 0 aliphatic rings. The van der Waals surface area contributed by atoms with Gasteiger partial charge in [-0.2, -0.15) is 0 Å². The molecule has 0 bridgehead atoms. The van der Waals surface area contributed by atoms with Crippen molar-refractivity contribution in [1.29, 1.82) is 0 Å². The molecule has 0 aliphatic heterocycles. The van der Waals surface area contributed by atoms with Crippen LogP contribution < -0.4 is 15.4 Å². The third kappa shape index (κ3) is 7.93. The van der Waals surface area contributed by atoms with E-state index >= 15 is 0 Å². The Labute approximate surface area is 228 Å². The molecule has 3 aromatic rings. The lowest BCUT2D eigenvalue weighted by molar-refractivity contribution is -0.126. The Morgan fingerprint density at radius 3 is 2.18 bits per heavy atom. The normalized spacial score (nSPS) is 12.5. The summed E-state index contributed by atoms with van der Waals surface area (Å²) < 4.78 is 33.3. The first-order valence-corrected chi connectivity index (χ1v) is 13.7. The predicted octanol–water partition coefficient (Wildman–Crippen LogP) is 5.69. The van der Waals surface area contributed by atoms with Crippen LogP contribution in [0.25, 0.3) is 11.1 Å². The van der Waals surface area contributed by atoms with Gasteiger partial charge in [-0.15, -0.1) is 0 Å². The minimum atomic E-state index is -3.85. The smallest absolute Gasteiger partial charge is 0.408 e. The first-order valence-electron chi connectivity index (χ1n) is 11.9. The Hall–Kier alpha value is -3.63. The van der Waals surface area contributed by atoms with Crippen LogP contribution in [0.4, 0.5) is 16.2 Å². The number of sulfonamides is 1. The van der Waals surface area contributed by atoms with Gasteiger partial charge in [0.25, 0.3) is 15.9 Å². The van der Waals surface area contributed by atoms with Crippen molar-refractivity contribution in [3.63, 3.8) is 0 Å². The van der Waals surface area contributed by atoms with Gasteiger partial charge in [0.05, 0.1) is 10.6 Å². The van der Waals surface area contributed by atoms with Crippen molar-refractivity contribution in [2.45, 2.75) is 51.2 Å². The van der Waals surface area contributed by atoms with Gasteiger partial charge in [0.2, 0.25) is 0 Å². The number of anilines is 2. The van der Waals surface area contributed by atoms with Gasteiger partial charge in [0, 0.05) is 23.0 Å². The summed E-state index contributed by atoms with van der Waals surface area (Å²) in [5, 5.41) is 5.46. The molecule has 3 N–H and O–H groups in total. The fraction of sp³-hybridized carbons (Fsp3) is 0.296. The van der Waals surface area contributed by atoms with E-state index < -0.39 is 33.7 Å². The van der Waals surface area contributed by atoms with Crippen LogP contribution in [0.5, 0.6) is 0 Å². The van der Waals surface area contributed by atoms with Gasteiger partial charge in [0.1, 0.15) is 0 Å². The summed E-state index contributed by atoms with van der Waals surface area (Å²) in [6, 6.07) is 16.4. The third-order valence-electron chi connectivity index (χ3n) is 5.20. The molecule has 0 radical (unpaired) electrons. The molecule has 2 aromatic carbocycles. The van der Waals surface area contributed by atoms with Crippen molar-refractivity contribution < 1.29 is 22.7 Å². The van der Waals surface area contributed by atoms with Gasteiger partial charge < -0.3 is 15.4 Å². The molecule has 11 heteroatoms. The second-order valence-electron chi connectivity index (χ2n) is 9.99. The van der Waals surface area contributed by atoms with E-state index in [1.165, 1.54) is 18.3 Å². The molecule has 202 valence electrons. The van der Waals surface area contributed by atoms with Crippen LogP contribution >= 0.6 is 11.6 Å². The van der Waals surface area contributed by atoms with E-state index in [9.17, 15) is 18.0 Å². The third-order valence-corrected chi connectivity index (χ3v) is 6.88. The van der Waals surface area contributed by atoms with Crippen molar-refractivity contribution in [2.75, 3.05) is 10.0 Å². The van der Waals surface area contributed by atoms with Gasteiger partial charge in [-0.25, -0.2) is 18.2 Å². The second kappa shape index (κ2) is 11.8. The van der Waals surface area contributed by atoms with Crippen LogP contribution in [0.1, 0.15) is 34.6 Å². The molecule has 0 saturated heterocycles. The molecule has 0 fully saturated rings. The SMILES string of the molecule is CC(C)[C@H](OC(=O)NC(C)(C)C)C(=O)Nc1ccc(-c2cnc(Cl)c(NS(=O)(=O)c3ccccc3)c2)cc1. The molecule has 1 aromatic heterocycles. The largest absolute Gasteiger partial charge is 0.436 e. The van der Waals surface area contributed by atoms with E-state index in [0.29, 0.717) is 16.8 Å². The summed E-state index contributed by atoms with van der Waals surface area (Å²) in [6.07, 6.45) is -0.138. The number of hydrogen-bond acceptors (Lipinski definition) is 6. The minimum absolute atomic E-state index is 0.00682. The number of nitrogens with zero attached hydrogens (tertiary/aromatic N) is 1. The summed E-state index contributed by atoms with van der Waals surface area (Å²) in [5.41, 5.74) is 1.46. The number of hydrogen-bond donors (Lipinski definition) is 3. The summed E-state index contributed by atoms with van der Waals surface area (Å²) in [4.78, 5) is 29.2. The van der Waals surface area contributed by atoms with Crippen LogP contribution in [0.3, 0.4) is 0 Å². The minimum Gasteiger partial charge on any atom is -0.436 e. The van der Waals surface area contributed by atoms with E-state index in [4.69, 9.17) is 16.3 Å². The van der Waals surface area contributed by atoms with Gasteiger partial charge in [0.15, 0.2) is 11.3 Å². The summed E-state index contributed by atoms with van der Waals surface area (Å²) in [7, 11) is -3.85. The first-order chi connectivity index (χ1) is 17.7. The molecule has 1 heterocycles. The van der Waals surface area contributed by atoms with Crippen molar-refractivity contribution in [3.8, 4) is 11.1 Å². The highest BCUT2D eigenvalue weighted by Crippen LogP contribution is 2.29. The van der Waals surface area contributed by atoms with Crippen molar-refractivity contribution in [3.05, 3.63) is 72.0 Å². The standard InChI is InChI=1S/C27H31ClN4O5S/c1-17(2)23(37-26(34)31-27(3,4)5)25(33)30-20-13-11-18(12-14-20)19-15-22(24(28)29-16-19)32-38(35,36)21-9-7-6-8-10-21/h6-17,23,32H,1-5H3,(H,30,33)(H,31,34)/t23-/m0/s1. The maximum Gasteiger partial charge on any atom is 0.408 e. The Morgan fingerprint density at radius 1 is 0.974 bits per heavy atom. The lowest BCUT2D eigenvalue weighted by atomic mass is 10.1. The predicted molar refractivity (Wildman–Crippen MR) is 149 cm³/mol. The quantitative estimate of drug-likeness (QED) is 0.305. The Kier molecular flexibility index (Phi) is 9.01. The average Bonchev–Trinajstić information content (AvgIpc) is 2.83. The van der Waals surface area contributed by atoms with Gasteiger partial charge in [-0.1, -0.05) is 55.8 Å².